The molecule has 0 radical (unpaired) electrons. The van der Waals surface area contributed by atoms with Crippen molar-refractivity contribution >= 4 is 43.5 Å². The summed E-state index contributed by atoms with van der Waals surface area (Å²) < 4.78 is 6.24. The average Bonchev–Trinajstić information content (AvgIpc) is 3.25. The first-order valence-electron chi connectivity index (χ1n) is 11.1. The first kappa shape index (κ1) is 18.2. The second-order valence-electron chi connectivity index (χ2n) is 8.46. The van der Waals surface area contributed by atoms with E-state index in [0.29, 0.717) is 0 Å². The molecule has 0 bridgehead atoms. The lowest BCUT2D eigenvalue weighted by atomic mass is 9.99. The van der Waals surface area contributed by atoms with E-state index < -0.39 is 0 Å². The van der Waals surface area contributed by atoms with Gasteiger partial charge in [-0.2, -0.15) is 0 Å². The maximum Gasteiger partial charge on any atom is 0.136 e. The standard InChI is InChI=1S/C31H19NO/c1-2-6-20(7-3-1)22-14-15-32-29(17-22)24-12-13-30-27(16-24)28-19-26-23(18-31(28)33-30)11-10-21-8-4-5-9-25(21)26/h1-19H. The number of pyridine rings is 1. The summed E-state index contributed by atoms with van der Waals surface area (Å²) in [5.74, 6) is 0. The maximum absolute atomic E-state index is 6.24. The Labute approximate surface area is 190 Å². The number of benzene rings is 5. The molecule has 0 saturated heterocycles. The molecule has 0 aliphatic rings. The largest absolute Gasteiger partial charge is 0.456 e. The van der Waals surface area contributed by atoms with Crippen LogP contribution < -0.4 is 0 Å². The molecule has 0 unspecified atom stereocenters. The molecule has 33 heavy (non-hydrogen) atoms. The van der Waals surface area contributed by atoms with Gasteiger partial charge in [0.1, 0.15) is 11.2 Å². The number of nitrogens with zero attached hydrogens (tertiary/aromatic N) is 1. The van der Waals surface area contributed by atoms with Crippen LogP contribution in [0.3, 0.4) is 0 Å². The molecule has 5 aromatic carbocycles. The van der Waals surface area contributed by atoms with Gasteiger partial charge in [-0.25, -0.2) is 0 Å². The molecule has 0 N–H and O–H groups in total. The average molecular weight is 421 g/mol. The summed E-state index contributed by atoms with van der Waals surface area (Å²) in [5, 5.41) is 7.20. The molecule has 7 aromatic rings. The van der Waals surface area contributed by atoms with Gasteiger partial charge in [-0.1, -0.05) is 66.7 Å². The van der Waals surface area contributed by atoms with Crippen LogP contribution in [-0.2, 0) is 0 Å². The van der Waals surface area contributed by atoms with Gasteiger partial charge in [-0.05, 0) is 75.1 Å². The van der Waals surface area contributed by atoms with Gasteiger partial charge < -0.3 is 4.42 Å². The fourth-order valence-electron chi connectivity index (χ4n) is 4.83. The van der Waals surface area contributed by atoms with Crippen LogP contribution in [0.1, 0.15) is 0 Å². The smallest absolute Gasteiger partial charge is 0.136 e. The van der Waals surface area contributed by atoms with Crippen LogP contribution in [0, 0.1) is 0 Å². The Morgan fingerprint density at radius 2 is 1.27 bits per heavy atom. The highest BCUT2D eigenvalue weighted by Gasteiger charge is 2.12. The molecule has 0 fully saturated rings. The molecule has 0 spiro atoms. The molecule has 7 rings (SSSR count). The number of rotatable bonds is 2. The number of aromatic nitrogens is 1. The van der Waals surface area contributed by atoms with Crippen molar-refractivity contribution in [2.75, 3.05) is 0 Å². The molecule has 2 heterocycles. The van der Waals surface area contributed by atoms with Crippen LogP contribution in [0.2, 0.25) is 0 Å². The van der Waals surface area contributed by atoms with Gasteiger partial charge in [0.15, 0.2) is 0 Å². The lowest BCUT2D eigenvalue weighted by Crippen LogP contribution is -1.85. The van der Waals surface area contributed by atoms with E-state index in [0.717, 1.165) is 38.8 Å². The lowest BCUT2D eigenvalue weighted by molar-refractivity contribution is 0.669. The van der Waals surface area contributed by atoms with Crippen LogP contribution in [0.25, 0.3) is 65.9 Å². The van der Waals surface area contributed by atoms with E-state index >= 15 is 0 Å². The molecule has 0 aliphatic carbocycles. The van der Waals surface area contributed by atoms with E-state index in [-0.39, 0.29) is 0 Å². The molecule has 0 amide bonds. The third-order valence-electron chi connectivity index (χ3n) is 6.50. The summed E-state index contributed by atoms with van der Waals surface area (Å²) in [4.78, 5) is 4.67. The molecule has 0 saturated carbocycles. The first-order valence-corrected chi connectivity index (χ1v) is 11.1. The fraction of sp³-hybridized carbons (Fsp3) is 0. The van der Waals surface area contributed by atoms with Crippen molar-refractivity contribution < 1.29 is 4.42 Å². The molecular weight excluding hydrogens is 402 g/mol. The summed E-state index contributed by atoms with van der Waals surface area (Å²) in [6.45, 7) is 0. The highest BCUT2D eigenvalue weighted by molar-refractivity contribution is 6.16. The third-order valence-corrected chi connectivity index (χ3v) is 6.50. The van der Waals surface area contributed by atoms with Gasteiger partial charge in [0.2, 0.25) is 0 Å². The van der Waals surface area contributed by atoms with Crippen molar-refractivity contribution in [2.24, 2.45) is 0 Å². The molecule has 2 nitrogen and oxygen atoms in total. The zero-order valence-electron chi connectivity index (χ0n) is 17.8. The third kappa shape index (κ3) is 2.92. The Bertz CT molecular complexity index is 1810. The molecule has 2 heteroatoms. The quantitative estimate of drug-likeness (QED) is 0.261. The van der Waals surface area contributed by atoms with Crippen LogP contribution in [0.15, 0.2) is 120 Å². The Morgan fingerprint density at radius 3 is 2.21 bits per heavy atom. The predicted octanol–water partition coefficient (Wildman–Crippen LogP) is 8.62. The molecule has 0 atom stereocenters. The molecular formula is C31H19NO. The number of furan rings is 1. The van der Waals surface area contributed by atoms with Crippen molar-refractivity contribution in [1.82, 2.24) is 4.98 Å². The van der Waals surface area contributed by atoms with Gasteiger partial charge in [-0.3, -0.25) is 4.98 Å². The van der Waals surface area contributed by atoms with E-state index in [1.54, 1.807) is 0 Å². The van der Waals surface area contributed by atoms with E-state index in [1.807, 2.05) is 12.3 Å². The second-order valence-corrected chi connectivity index (χ2v) is 8.46. The van der Waals surface area contributed by atoms with Crippen molar-refractivity contribution in [3.8, 4) is 22.4 Å². The number of hydrogen-bond donors (Lipinski definition) is 0. The summed E-state index contributed by atoms with van der Waals surface area (Å²) in [6, 6.07) is 38.3. The minimum absolute atomic E-state index is 0.896. The van der Waals surface area contributed by atoms with E-state index in [4.69, 9.17) is 4.42 Å². The number of fused-ring (bicyclic) bond motifs is 6. The van der Waals surface area contributed by atoms with Gasteiger partial charge in [0.05, 0.1) is 5.69 Å². The monoisotopic (exact) mass is 421 g/mol. The summed E-state index contributed by atoms with van der Waals surface area (Å²) >= 11 is 0. The first-order chi connectivity index (χ1) is 16.3. The van der Waals surface area contributed by atoms with E-state index in [9.17, 15) is 0 Å². The Balaban J connectivity index is 1.44. The van der Waals surface area contributed by atoms with Crippen molar-refractivity contribution in [2.45, 2.75) is 0 Å². The van der Waals surface area contributed by atoms with Crippen molar-refractivity contribution in [3.63, 3.8) is 0 Å². The number of hydrogen-bond acceptors (Lipinski definition) is 2. The predicted molar refractivity (Wildman–Crippen MR) is 137 cm³/mol. The molecule has 0 aliphatic heterocycles. The minimum Gasteiger partial charge on any atom is -0.456 e. The molecule has 2 aromatic heterocycles. The van der Waals surface area contributed by atoms with Crippen LogP contribution >= 0.6 is 0 Å². The Hall–Kier alpha value is -4.43. The van der Waals surface area contributed by atoms with Crippen molar-refractivity contribution in [3.05, 3.63) is 115 Å². The zero-order valence-corrected chi connectivity index (χ0v) is 17.8. The van der Waals surface area contributed by atoms with Gasteiger partial charge in [-0.15, -0.1) is 0 Å². The van der Waals surface area contributed by atoms with Crippen LogP contribution in [0.5, 0.6) is 0 Å². The second kappa shape index (κ2) is 7.04. The Kier molecular flexibility index (Phi) is 3.88. The normalized spacial score (nSPS) is 11.6. The highest BCUT2D eigenvalue weighted by atomic mass is 16.3. The fourth-order valence-corrected chi connectivity index (χ4v) is 4.83. The van der Waals surface area contributed by atoms with E-state index in [1.165, 1.54) is 27.1 Å². The van der Waals surface area contributed by atoms with Gasteiger partial charge >= 0.3 is 0 Å². The SMILES string of the molecule is c1ccc(-c2ccnc(-c3ccc4oc5cc6ccc7ccccc7c6cc5c4c3)c2)cc1. The van der Waals surface area contributed by atoms with Gasteiger partial charge in [0.25, 0.3) is 0 Å². The van der Waals surface area contributed by atoms with Gasteiger partial charge in [0, 0.05) is 22.5 Å². The Morgan fingerprint density at radius 1 is 0.455 bits per heavy atom. The maximum atomic E-state index is 6.24. The van der Waals surface area contributed by atoms with Crippen LogP contribution in [0.4, 0.5) is 0 Å². The van der Waals surface area contributed by atoms with Crippen LogP contribution in [-0.4, -0.2) is 4.98 Å². The molecule has 154 valence electrons. The summed E-state index contributed by atoms with van der Waals surface area (Å²) in [6.07, 6.45) is 1.88. The summed E-state index contributed by atoms with van der Waals surface area (Å²) in [7, 11) is 0. The van der Waals surface area contributed by atoms with E-state index in [2.05, 4.69) is 108 Å². The zero-order chi connectivity index (χ0) is 21.8. The minimum atomic E-state index is 0.896. The topological polar surface area (TPSA) is 26.0 Å². The lowest BCUT2D eigenvalue weighted by Gasteiger charge is -2.06. The highest BCUT2D eigenvalue weighted by Crippen LogP contribution is 2.37. The van der Waals surface area contributed by atoms with Crippen molar-refractivity contribution in [1.29, 1.82) is 0 Å². The summed E-state index contributed by atoms with van der Waals surface area (Å²) in [5.41, 5.74) is 6.20.